The lowest BCUT2D eigenvalue weighted by molar-refractivity contribution is 0.213. The average Bonchev–Trinajstić information content (AvgIpc) is 3.09. The molecule has 1 aromatic rings. The van der Waals surface area contributed by atoms with Gasteiger partial charge in [0, 0.05) is 25.6 Å². The zero-order valence-corrected chi connectivity index (χ0v) is 16.3. The van der Waals surface area contributed by atoms with Crippen molar-refractivity contribution in [1.82, 2.24) is 20.7 Å². The normalized spacial score (nSPS) is 17.2. The van der Waals surface area contributed by atoms with Gasteiger partial charge < -0.3 is 20.1 Å². The van der Waals surface area contributed by atoms with Crippen LogP contribution >= 0.6 is 0 Å². The van der Waals surface area contributed by atoms with Gasteiger partial charge in [0.25, 0.3) is 0 Å². The average molecular weight is 350 g/mol. The first-order chi connectivity index (χ1) is 12.2. The summed E-state index contributed by atoms with van der Waals surface area (Å²) in [6.45, 7) is 8.40. The van der Waals surface area contributed by atoms with E-state index in [1.807, 2.05) is 0 Å². The van der Waals surface area contributed by atoms with Crippen molar-refractivity contribution in [3.63, 3.8) is 0 Å². The van der Waals surface area contributed by atoms with Gasteiger partial charge in [0.15, 0.2) is 11.7 Å². The highest BCUT2D eigenvalue weighted by atomic mass is 16.5. The summed E-state index contributed by atoms with van der Waals surface area (Å²) in [5.74, 6) is 3.01. The Kier molecular flexibility index (Phi) is 8.25. The maximum Gasteiger partial charge on any atom is 0.191 e. The fourth-order valence-corrected chi connectivity index (χ4v) is 3.45. The number of piperidine rings is 1. The van der Waals surface area contributed by atoms with Gasteiger partial charge in [0.05, 0.1) is 12.2 Å². The van der Waals surface area contributed by atoms with Gasteiger partial charge in [-0.15, -0.1) is 0 Å². The second kappa shape index (κ2) is 10.4. The highest BCUT2D eigenvalue weighted by Gasteiger charge is 2.16. The van der Waals surface area contributed by atoms with Gasteiger partial charge >= 0.3 is 0 Å². The van der Waals surface area contributed by atoms with Crippen molar-refractivity contribution in [2.24, 2.45) is 10.9 Å². The van der Waals surface area contributed by atoms with Crippen molar-refractivity contribution < 1.29 is 4.52 Å². The molecule has 0 bridgehead atoms. The lowest BCUT2D eigenvalue weighted by Gasteiger charge is -2.29. The van der Waals surface area contributed by atoms with E-state index in [2.05, 4.69) is 52.6 Å². The number of hydrogen-bond donors (Lipinski definition) is 2. The van der Waals surface area contributed by atoms with E-state index < -0.39 is 0 Å². The molecule has 0 amide bonds. The number of likely N-dealkylation sites (tertiary alicyclic amines) is 1. The van der Waals surface area contributed by atoms with Gasteiger partial charge in [-0.25, -0.2) is 0 Å². The van der Waals surface area contributed by atoms with Gasteiger partial charge in [-0.05, 0) is 58.2 Å². The maximum absolute atomic E-state index is 5.45. The first-order valence-electron chi connectivity index (χ1n) is 9.74. The predicted molar refractivity (Wildman–Crippen MR) is 103 cm³/mol. The molecule has 1 saturated heterocycles. The number of nitrogens with one attached hydrogen (secondary N) is 2. The topological polar surface area (TPSA) is 65.7 Å². The van der Waals surface area contributed by atoms with Crippen LogP contribution in [0.2, 0.25) is 0 Å². The molecule has 0 atom stereocenters. The second-order valence-corrected chi connectivity index (χ2v) is 7.12. The number of aromatic nitrogens is 1. The molecule has 1 aromatic heterocycles. The van der Waals surface area contributed by atoms with Crippen LogP contribution in [0, 0.1) is 5.92 Å². The van der Waals surface area contributed by atoms with E-state index in [0.717, 1.165) is 42.7 Å². The lowest BCUT2D eigenvalue weighted by atomic mass is 9.94. The van der Waals surface area contributed by atoms with Crippen molar-refractivity contribution in [2.75, 3.05) is 33.7 Å². The van der Waals surface area contributed by atoms with Crippen LogP contribution in [0.4, 0.5) is 0 Å². The Morgan fingerprint density at radius 1 is 1.32 bits per heavy atom. The Morgan fingerprint density at radius 2 is 2.04 bits per heavy atom. The molecule has 1 aliphatic rings. The van der Waals surface area contributed by atoms with Crippen LogP contribution in [0.1, 0.15) is 63.3 Å². The van der Waals surface area contributed by atoms with Gasteiger partial charge in [0.1, 0.15) is 0 Å². The number of rotatable bonds is 8. The Labute approximate surface area is 152 Å². The molecule has 2 N–H and O–H groups in total. The summed E-state index contributed by atoms with van der Waals surface area (Å²) in [5.41, 5.74) is 1.06. The molecule has 0 aliphatic carbocycles. The quantitative estimate of drug-likeness (QED) is 0.558. The smallest absolute Gasteiger partial charge is 0.191 e. The Morgan fingerprint density at radius 3 is 2.68 bits per heavy atom. The monoisotopic (exact) mass is 349 g/mol. The standard InChI is InChI=1S/C19H35N5O/c1-5-16(6-2)18-13-17(25-23-18)14-22-19(20-3)21-10-7-15-8-11-24(4)12-9-15/h13,15-16H,5-12,14H2,1-4H3,(H2,20,21,22). The number of guanidine groups is 1. The lowest BCUT2D eigenvalue weighted by Crippen LogP contribution is -2.38. The molecule has 0 saturated carbocycles. The Hall–Kier alpha value is -1.56. The molecule has 0 spiro atoms. The summed E-state index contributed by atoms with van der Waals surface area (Å²) in [6.07, 6.45) is 6.00. The van der Waals surface area contributed by atoms with Crippen LogP contribution < -0.4 is 10.6 Å². The second-order valence-electron chi connectivity index (χ2n) is 7.12. The van der Waals surface area contributed by atoms with Crippen LogP contribution in [-0.2, 0) is 6.54 Å². The van der Waals surface area contributed by atoms with Gasteiger partial charge in [0.2, 0.25) is 0 Å². The molecule has 25 heavy (non-hydrogen) atoms. The van der Waals surface area contributed by atoms with E-state index in [-0.39, 0.29) is 0 Å². The third-order valence-corrected chi connectivity index (χ3v) is 5.32. The minimum absolute atomic E-state index is 0.490. The van der Waals surface area contributed by atoms with E-state index in [1.165, 1.54) is 32.4 Å². The fourth-order valence-electron chi connectivity index (χ4n) is 3.45. The van der Waals surface area contributed by atoms with Gasteiger partial charge in [-0.3, -0.25) is 4.99 Å². The summed E-state index contributed by atoms with van der Waals surface area (Å²) in [5, 5.41) is 10.9. The van der Waals surface area contributed by atoms with Gasteiger partial charge in [-0.1, -0.05) is 19.0 Å². The summed E-state index contributed by atoms with van der Waals surface area (Å²) >= 11 is 0. The molecular weight excluding hydrogens is 314 g/mol. The zero-order valence-electron chi connectivity index (χ0n) is 16.3. The van der Waals surface area contributed by atoms with E-state index >= 15 is 0 Å². The highest BCUT2D eigenvalue weighted by Crippen LogP contribution is 2.22. The molecule has 2 rings (SSSR count). The van der Waals surface area contributed by atoms with Crippen molar-refractivity contribution in [3.05, 3.63) is 17.5 Å². The molecule has 1 aliphatic heterocycles. The van der Waals surface area contributed by atoms with Gasteiger partial charge in [-0.2, -0.15) is 0 Å². The summed E-state index contributed by atoms with van der Waals surface area (Å²) in [6, 6.07) is 2.07. The SMILES string of the molecule is CCC(CC)c1cc(CNC(=NC)NCCC2CCN(C)CC2)on1. The van der Waals surface area contributed by atoms with Crippen molar-refractivity contribution >= 4 is 5.96 Å². The van der Waals surface area contributed by atoms with Crippen molar-refractivity contribution in [3.8, 4) is 0 Å². The fraction of sp³-hybridized carbons (Fsp3) is 0.789. The van der Waals surface area contributed by atoms with E-state index in [0.29, 0.717) is 12.5 Å². The number of aliphatic imine (C=N–C) groups is 1. The molecule has 6 nitrogen and oxygen atoms in total. The minimum atomic E-state index is 0.490. The summed E-state index contributed by atoms with van der Waals surface area (Å²) < 4.78 is 5.45. The molecule has 142 valence electrons. The van der Waals surface area contributed by atoms with E-state index in [1.54, 1.807) is 7.05 Å². The molecular formula is C19H35N5O. The summed E-state index contributed by atoms with van der Waals surface area (Å²) in [7, 11) is 4.01. The molecule has 1 fully saturated rings. The van der Waals surface area contributed by atoms with Crippen molar-refractivity contribution in [2.45, 2.75) is 58.4 Å². The Bertz CT molecular complexity index is 516. The largest absolute Gasteiger partial charge is 0.359 e. The third-order valence-electron chi connectivity index (χ3n) is 5.32. The first kappa shape index (κ1) is 19.8. The molecule has 0 unspecified atom stereocenters. The first-order valence-corrected chi connectivity index (χ1v) is 9.74. The van der Waals surface area contributed by atoms with Crippen LogP contribution in [0.25, 0.3) is 0 Å². The third kappa shape index (κ3) is 6.34. The number of nitrogens with zero attached hydrogens (tertiary/aromatic N) is 3. The maximum atomic E-state index is 5.45. The summed E-state index contributed by atoms with van der Waals surface area (Å²) in [4.78, 5) is 6.71. The van der Waals surface area contributed by atoms with Crippen LogP contribution in [0.3, 0.4) is 0 Å². The molecule has 0 aromatic carbocycles. The Balaban J connectivity index is 1.70. The zero-order chi connectivity index (χ0) is 18.1. The predicted octanol–water partition coefficient (Wildman–Crippen LogP) is 2.98. The van der Waals surface area contributed by atoms with E-state index in [9.17, 15) is 0 Å². The number of hydrogen-bond acceptors (Lipinski definition) is 4. The highest BCUT2D eigenvalue weighted by molar-refractivity contribution is 5.79. The molecule has 6 heteroatoms. The minimum Gasteiger partial charge on any atom is -0.359 e. The van der Waals surface area contributed by atoms with E-state index in [4.69, 9.17) is 4.52 Å². The molecule has 2 heterocycles. The van der Waals surface area contributed by atoms with Crippen molar-refractivity contribution in [1.29, 1.82) is 0 Å². The van der Waals surface area contributed by atoms with Crippen LogP contribution in [0.15, 0.2) is 15.6 Å². The molecule has 0 radical (unpaired) electrons. The van der Waals surface area contributed by atoms with Crippen LogP contribution in [0.5, 0.6) is 0 Å². The van der Waals surface area contributed by atoms with Crippen LogP contribution in [-0.4, -0.2) is 49.7 Å².